The Balaban J connectivity index is 1.38. The summed E-state index contributed by atoms with van der Waals surface area (Å²) in [4.78, 5) is 17.3. The molecule has 1 aromatic carbocycles. The van der Waals surface area contributed by atoms with Gasteiger partial charge in [0.15, 0.2) is 5.13 Å². The zero-order valence-electron chi connectivity index (χ0n) is 14.5. The monoisotopic (exact) mass is 375 g/mol. The average Bonchev–Trinajstić information content (AvgIpc) is 3.20. The zero-order valence-corrected chi connectivity index (χ0v) is 16.1. The number of rotatable bonds is 4. The van der Waals surface area contributed by atoms with Gasteiger partial charge in [0, 0.05) is 36.0 Å². The highest BCUT2D eigenvalue weighted by atomic mass is 35.5. The number of aromatic amines is 1. The molecule has 3 aromatic rings. The Morgan fingerprint density at radius 1 is 1.36 bits per heavy atom. The van der Waals surface area contributed by atoms with Gasteiger partial charge in [-0.05, 0) is 45.0 Å². The number of halogens is 1. The molecule has 0 radical (unpaired) electrons. The first kappa shape index (κ1) is 16.8. The SMILES string of the molecule is Cc1cnc(CN(C)C2CCN(c3nc4ccc(Cl)cc4s3)CC2)[nH]1. The number of thiazole rings is 1. The maximum Gasteiger partial charge on any atom is 0.186 e. The van der Waals surface area contributed by atoms with Crippen molar-refractivity contribution in [3.05, 3.63) is 40.9 Å². The molecule has 2 aromatic heterocycles. The van der Waals surface area contributed by atoms with Crippen LogP contribution in [0, 0.1) is 6.92 Å². The van der Waals surface area contributed by atoms with Gasteiger partial charge in [-0.3, -0.25) is 4.90 Å². The molecule has 1 saturated heterocycles. The van der Waals surface area contributed by atoms with Crippen LogP contribution in [0.5, 0.6) is 0 Å². The largest absolute Gasteiger partial charge is 0.348 e. The van der Waals surface area contributed by atoms with Crippen molar-refractivity contribution in [2.75, 3.05) is 25.0 Å². The van der Waals surface area contributed by atoms with Gasteiger partial charge in [-0.1, -0.05) is 22.9 Å². The number of H-pyrrole nitrogens is 1. The van der Waals surface area contributed by atoms with E-state index in [-0.39, 0.29) is 0 Å². The number of anilines is 1. The fourth-order valence-corrected chi connectivity index (χ4v) is 4.73. The highest BCUT2D eigenvalue weighted by molar-refractivity contribution is 7.22. The first-order valence-electron chi connectivity index (χ1n) is 8.60. The molecule has 1 aliphatic rings. The first-order valence-corrected chi connectivity index (χ1v) is 9.80. The van der Waals surface area contributed by atoms with E-state index in [9.17, 15) is 0 Å². The van der Waals surface area contributed by atoms with E-state index in [1.54, 1.807) is 11.3 Å². The Morgan fingerprint density at radius 3 is 2.88 bits per heavy atom. The van der Waals surface area contributed by atoms with Crippen LogP contribution in [0.2, 0.25) is 5.02 Å². The van der Waals surface area contributed by atoms with Gasteiger partial charge < -0.3 is 9.88 Å². The van der Waals surface area contributed by atoms with Crippen molar-refractivity contribution in [3.8, 4) is 0 Å². The number of aromatic nitrogens is 3. The minimum atomic E-state index is 0.588. The molecule has 1 aliphatic heterocycles. The molecule has 0 amide bonds. The topological polar surface area (TPSA) is 48.1 Å². The van der Waals surface area contributed by atoms with Crippen molar-refractivity contribution in [2.45, 2.75) is 32.4 Å². The van der Waals surface area contributed by atoms with Crippen LogP contribution in [0.15, 0.2) is 24.4 Å². The number of hydrogen-bond acceptors (Lipinski definition) is 5. The molecule has 0 bridgehead atoms. The summed E-state index contributed by atoms with van der Waals surface area (Å²) in [6, 6.07) is 6.50. The molecule has 0 atom stereocenters. The molecule has 7 heteroatoms. The standard InChI is InChI=1S/C18H22ClN5S/c1-12-10-20-17(21-12)11-23(2)14-5-7-24(8-6-14)18-22-15-4-3-13(19)9-16(15)25-18/h3-4,9-10,14H,5-8,11H2,1-2H3,(H,20,21). The second-order valence-corrected chi connectivity index (χ2v) is 8.20. The van der Waals surface area contributed by atoms with E-state index in [1.807, 2.05) is 31.3 Å². The molecule has 0 saturated carbocycles. The minimum absolute atomic E-state index is 0.588. The molecule has 5 nitrogen and oxygen atoms in total. The second kappa shape index (κ2) is 6.94. The highest BCUT2D eigenvalue weighted by Gasteiger charge is 2.24. The number of fused-ring (bicyclic) bond motifs is 1. The fourth-order valence-electron chi connectivity index (χ4n) is 3.43. The van der Waals surface area contributed by atoms with Crippen molar-refractivity contribution >= 4 is 38.3 Å². The summed E-state index contributed by atoms with van der Waals surface area (Å²) in [5.74, 6) is 1.05. The van der Waals surface area contributed by atoms with Gasteiger partial charge in [-0.2, -0.15) is 0 Å². The molecular weight excluding hydrogens is 354 g/mol. The third-order valence-electron chi connectivity index (χ3n) is 4.85. The second-order valence-electron chi connectivity index (χ2n) is 6.75. The third-order valence-corrected chi connectivity index (χ3v) is 6.17. The van der Waals surface area contributed by atoms with Gasteiger partial charge in [0.2, 0.25) is 0 Å². The molecule has 132 valence electrons. The lowest BCUT2D eigenvalue weighted by atomic mass is 10.0. The van der Waals surface area contributed by atoms with Gasteiger partial charge in [-0.25, -0.2) is 9.97 Å². The number of aryl methyl sites for hydroxylation is 1. The van der Waals surface area contributed by atoms with Crippen LogP contribution in [-0.4, -0.2) is 46.0 Å². The number of nitrogens with zero attached hydrogens (tertiary/aromatic N) is 4. The maximum absolute atomic E-state index is 6.09. The van der Waals surface area contributed by atoms with Crippen molar-refractivity contribution in [3.63, 3.8) is 0 Å². The lowest BCUT2D eigenvalue weighted by Gasteiger charge is -2.36. The maximum atomic E-state index is 6.09. The quantitative estimate of drug-likeness (QED) is 0.746. The number of nitrogens with one attached hydrogen (secondary N) is 1. The van der Waals surface area contributed by atoms with Crippen LogP contribution in [0.25, 0.3) is 10.2 Å². The average molecular weight is 376 g/mol. The van der Waals surface area contributed by atoms with E-state index in [0.29, 0.717) is 6.04 Å². The van der Waals surface area contributed by atoms with Crippen molar-refractivity contribution in [1.82, 2.24) is 19.9 Å². The number of hydrogen-bond donors (Lipinski definition) is 1. The van der Waals surface area contributed by atoms with Crippen molar-refractivity contribution in [1.29, 1.82) is 0 Å². The van der Waals surface area contributed by atoms with Crippen molar-refractivity contribution in [2.24, 2.45) is 0 Å². The normalized spacial score (nSPS) is 16.2. The molecular formula is C18H22ClN5S. The Bertz CT molecular complexity index is 865. The number of benzene rings is 1. The number of imidazole rings is 1. The van der Waals surface area contributed by atoms with Crippen LogP contribution in [0.4, 0.5) is 5.13 Å². The van der Waals surface area contributed by atoms with Gasteiger partial charge >= 0.3 is 0 Å². The van der Waals surface area contributed by atoms with Crippen LogP contribution >= 0.6 is 22.9 Å². The summed E-state index contributed by atoms with van der Waals surface area (Å²) in [5, 5.41) is 1.89. The van der Waals surface area contributed by atoms with E-state index in [0.717, 1.165) is 64.4 Å². The fraction of sp³-hybridized carbons (Fsp3) is 0.444. The van der Waals surface area contributed by atoms with E-state index < -0.39 is 0 Å². The van der Waals surface area contributed by atoms with Gasteiger partial charge in [0.25, 0.3) is 0 Å². The predicted molar refractivity (Wildman–Crippen MR) is 105 cm³/mol. The molecule has 3 heterocycles. The van der Waals surface area contributed by atoms with E-state index >= 15 is 0 Å². The Morgan fingerprint density at radius 2 is 2.16 bits per heavy atom. The number of piperidine rings is 1. The molecule has 25 heavy (non-hydrogen) atoms. The van der Waals surface area contributed by atoms with Crippen LogP contribution in [0.1, 0.15) is 24.4 Å². The summed E-state index contributed by atoms with van der Waals surface area (Å²) in [7, 11) is 2.19. The van der Waals surface area contributed by atoms with E-state index in [1.165, 1.54) is 0 Å². The van der Waals surface area contributed by atoms with E-state index in [2.05, 4.69) is 26.8 Å². The molecule has 0 spiro atoms. The smallest absolute Gasteiger partial charge is 0.186 e. The lowest BCUT2D eigenvalue weighted by Crippen LogP contribution is -2.43. The van der Waals surface area contributed by atoms with Gasteiger partial charge in [-0.15, -0.1) is 0 Å². The summed E-state index contributed by atoms with van der Waals surface area (Å²) in [5.41, 5.74) is 2.16. The van der Waals surface area contributed by atoms with Gasteiger partial charge in [0.05, 0.1) is 16.8 Å². The molecule has 0 unspecified atom stereocenters. The van der Waals surface area contributed by atoms with E-state index in [4.69, 9.17) is 16.6 Å². The predicted octanol–water partition coefficient (Wildman–Crippen LogP) is 4.08. The van der Waals surface area contributed by atoms with Crippen molar-refractivity contribution < 1.29 is 0 Å². The van der Waals surface area contributed by atoms with Gasteiger partial charge in [0.1, 0.15) is 5.82 Å². The van der Waals surface area contributed by atoms with Crippen LogP contribution in [-0.2, 0) is 6.54 Å². The zero-order chi connectivity index (χ0) is 17.4. The molecule has 1 N–H and O–H groups in total. The first-order chi connectivity index (χ1) is 12.1. The lowest BCUT2D eigenvalue weighted by molar-refractivity contribution is 0.196. The Kier molecular flexibility index (Phi) is 4.67. The van der Waals surface area contributed by atoms with Crippen LogP contribution < -0.4 is 4.90 Å². The van der Waals surface area contributed by atoms with Crippen LogP contribution in [0.3, 0.4) is 0 Å². The molecule has 1 fully saturated rings. The molecule has 0 aliphatic carbocycles. The molecule has 4 rings (SSSR count). The summed E-state index contributed by atoms with van der Waals surface area (Å²) in [6.07, 6.45) is 4.19. The third kappa shape index (κ3) is 3.66. The Hall–Kier alpha value is -1.63. The highest BCUT2D eigenvalue weighted by Crippen LogP contribution is 2.32. The summed E-state index contributed by atoms with van der Waals surface area (Å²) < 4.78 is 1.16. The Labute approximate surface area is 156 Å². The summed E-state index contributed by atoms with van der Waals surface area (Å²) in [6.45, 7) is 5.00. The minimum Gasteiger partial charge on any atom is -0.348 e. The summed E-state index contributed by atoms with van der Waals surface area (Å²) >= 11 is 7.82.